The molecule has 7 heteroatoms. The van der Waals surface area contributed by atoms with Crippen LogP contribution in [0.3, 0.4) is 0 Å². The molecule has 1 heterocycles. The van der Waals surface area contributed by atoms with Crippen LogP contribution in [-0.2, 0) is 7.05 Å². The summed E-state index contributed by atoms with van der Waals surface area (Å²) in [4.78, 5) is 22.0. The maximum absolute atomic E-state index is 11.9. The summed E-state index contributed by atoms with van der Waals surface area (Å²) in [6.45, 7) is 3.84. The lowest BCUT2D eigenvalue weighted by Gasteiger charge is -2.23. The van der Waals surface area contributed by atoms with Crippen LogP contribution in [0.2, 0.25) is 0 Å². The Bertz CT molecular complexity index is 450. The highest BCUT2D eigenvalue weighted by Gasteiger charge is 2.25. The minimum Gasteiger partial charge on any atom is -0.358 e. The first-order valence-corrected chi connectivity index (χ1v) is 5.11. The van der Waals surface area contributed by atoms with Crippen LogP contribution < -0.4 is 11.1 Å². The lowest BCUT2D eigenvalue weighted by Crippen LogP contribution is -2.49. The van der Waals surface area contributed by atoms with Crippen LogP contribution in [0.1, 0.15) is 24.3 Å². The third-order valence-electron chi connectivity index (χ3n) is 2.48. The van der Waals surface area contributed by atoms with Crippen molar-refractivity contribution in [2.24, 2.45) is 12.8 Å². The van der Waals surface area contributed by atoms with E-state index in [1.165, 1.54) is 23.7 Å². The van der Waals surface area contributed by atoms with Gasteiger partial charge in [0.2, 0.25) is 0 Å². The molecule has 0 saturated heterocycles. The SMILES string of the molecule is Cn1c(C(=O)NC(C)(C)CN)ccc1[N+](=O)[O-]. The highest BCUT2D eigenvalue weighted by molar-refractivity contribution is 5.93. The number of aromatic nitrogens is 1. The minimum absolute atomic E-state index is 0.124. The average molecular weight is 240 g/mol. The molecule has 17 heavy (non-hydrogen) atoms. The molecule has 0 saturated carbocycles. The number of nitro groups is 1. The molecule has 94 valence electrons. The Morgan fingerprint density at radius 2 is 2.18 bits per heavy atom. The van der Waals surface area contributed by atoms with Gasteiger partial charge in [0, 0.05) is 18.2 Å². The van der Waals surface area contributed by atoms with Crippen molar-refractivity contribution in [1.82, 2.24) is 9.88 Å². The van der Waals surface area contributed by atoms with Crippen molar-refractivity contribution in [3.8, 4) is 0 Å². The molecule has 0 aromatic carbocycles. The van der Waals surface area contributed by atoms with E-state index >= 15 is 0 Å². The number of hydrogen-bond acceptors (Lipinski definition) is 4. The van der Waals surface area contributed by atoms with E-state index in [4.69, 9.17) is 5.73 Å². The predicted octanol–water partition coefficient (Wildman–Crippen LogP) is 0.400. The van der Waals surface area contributed by atoms with Crippen molar-refractivity contribution >= 4 is 11.7 Å². The fourth-order valence-electron chi connectivity index (χ4n) is 1.33. The zero-order chi connectivity index (χ0) is 13.2. The fourth-order valence-corrected chi connectivity index (χ4v) is 1.33. The molecule has 1 aromatic heterocycles. The normalized spacial score (nSPS) is 11.3. The van der Waals surface area contributed by atoms with Crippen molar-refractivity contribution in [2.45, 2.75) is 19.4 Å². The zero-order valence-electron chi connectivity index (χ0n) is 10.1. The Balaban J connectivity index is 2.95. The largest absolute Gasteiger partial charge is 0.358 e. The third-order valence-corrected chi connectivity index (χ3v) is 2.48. The van der Waals surface area contributed by atoms with E-state index in [9.17, 15) is 14.9 Å². The van der Waals surface area contributed by atoms with Crippen LogP contribution in [0.5, 0.6) is 0 Å². The Morgan fingerprint density at radius 3 is 2.59 bits per heavy atom. The number of carbonyl (C=O) groups is 1. The molecule has 7 nitrogen and oxygen atoms in total. The molecule has 1 rings (SSSR count). The molecule has 0 fully saturated rings. The molecular weight excluding hydrogens is 224 g/mol. The Kier molecular flexibility index (Phi) is 3.52. The summed E-state index contributed by atoms with van der Waals surface area (Å²) in [7, 11) is 1.47. The van der Waals surface area contributed by atoms with Crippen LogP contribution in [-0.4, -0.2) is 27.5 Å². The smallest absolute Gasteiger partial charge is 0.323 e. The van der Waals surface area contributed by atoms with E-state index < -0.39 is 10.5 Å². The van der Waals surface area contributed by atoms with Gasteiger partial charge in [-0.25, -0.2) is 4.57 Å². The van der Waals surface area contributed by atoms with Gasteiger partial charge in [-0.2, -0.15) is 0 Å². The first-order valence-electron chi connectivity index (χ1n) is 5.11. The highest BCUT2D eigenvalue weighted by atomic mass is 16.6. The van der Waals surface area contributed by atoms with E-state index in [1.54, 1.807) is 13.8 Å². The van der Waals surface area contributed by atoms with Crippen molar-refractivity contribution in [3.05, 3.63) is 27.9 Å². The highest BCUT2D eigenvalue weighted by Crippen LogP contribution is 2.15. The Labute approximate surface area is 98.7 Å². The van der Waals surface area contributed by atoms with Crippen LogP contribution in [0.25, 0.3) is 0 Å². The molecule has 0 aliphatic heterocycles. The molecule has 0 spiro atoms. The van der Waals surface area contributed by atoms with Gasteiger partial charge in [0.1, 0.15) is 0 Å². The van der Waals surface area contributed by atoms with Crippen molar-refractivity contribution in [2.75, 3.05) is 6.54 Å². The summed E-state index contributed by atoms with van der Waals surface area (Å²) in [5.41, 5.74) is 5.18. The minimum atomic E-state index is -0.546. The Hall–Kier alpha value is -1.89. The lowest BCUT2D eigenvalue weighted by molar-refractivity contribution is -0.391. The van der Waals surface area contributed by atoms with Gasteiger partial charge in [-0.1, -0.05) is 0 Å². The molecular formula is C10H16N4O3. The molecule has 0 atom stereocenters. The molecule has 1 amide bonds. The lowest BCUT2D eigenvalue weighted by atomic mass is 10.1. The van der Waals surface area contributed by atoms with Gasteiger partial charge in [-0.3, -0.25) is 4.79 Å². The number of amides is 1. The number of nitrogens with one attached hydrogen (secondary N) is 1. The van der Waals surface area contributed by atoms with Crippen LogP contribution >= 0.6 is 0 Å². The maximum atomic E-state index is 11.9. The van der Waals surface area contributed by atoms with Gasteiger partial charge in [-0.05, 0) is 24.8 Å². The van der Waals surface area contributed by atoms with Crippen molar-refractivity contribution < 1.29 is 9.72 Å². The van der Waals surface area contributed by atoms with Gasteiger partial charge in [0.15, 0.2) is 5.69 Å². The first-order chi connectivity index (χ1) is 7.78. The number of carbonyl (C=O) groups excluding carboxylic acids is 1. The van der Waals surface area contributed by atoms with Crippen LogP contribution in [0, 0.1) is 10.1 Å². The summed E-state index contributed by atoms with van der Waals surface area (Å²) in [5.74, 6) is -0.503. The fraction of sp³-hybridized carbons (Fsp3) is 0.500. The summed E-state index contributed by atoms with van der Waals surface area (Å²) < 4.78 is 1.24. The maximum Gasteiger partial charge on any atom is 0.323 e. The van der Waals surface area contributed by atoms with E-state index in [0.29, 0.717) is 0 Å². The zero-order valence-corrected chi connectivity index (χ0v) is 10.1. The first kappa shape index (κ1) is 13.2. The van der Waals surface area contributed by atoms with Crippen molar-refractivity contribution in [1.29, 1.82) is 0 Å². The topological polar surface area (TPSA) is 103 Å². The standard InChI is InChI=1S/C10H16N4O3/c1-10(2,6-11)12-9(15)7-4-5-8(13(7)3)14(16)17/h4-5H,6,11H2,1-3H3,(H,12,15). The van der Waals surface area contributed by atoms with Gasteiger partial charge >= 0.3 is 5.82 Å². The van der Waals surface area contributed by atoms with E-state index in [1.807, 2.05) is 0 Å². The molecule has 0 aliphatic carbocycles. The van der Waals surface area contributed by atoms with E-state index in [0.717, 1.165) is 0 Å². The average Bonchev–Trinajstić information content (AvgIpc) is 2.59. The summed E-state index contributed by atoms with van der Waals surface area (Å²) in [6, 6.07) is 2.71. The van der Waals surface area contributed by atoms with Gasteiger partial charge < -0.3 is 21.2 Å². The molecule has 0 bridgehead atoms. The van der Waals surface area contributed by atoms with Crippen molar-refractivity contribution in [3.63, 3.8) is 0 Å². The second-order valence-corrected chi connectivity index (χ2v) is 4.44. The molecule has 3 N–H and O–H groups in total. The second-order valence-electron chi connectivity index (χ2n) is 4.44. The van der Waals surface area contributed by atoms with Crippen LogP contribution in [0.4, 0.5) is 5.82 Å². The monoisotopic (exact) mass is 240 g/mol. The third kappa shape index (κ3) is 2.82. The van der Waals surface area contributed by atoms with Gasteiger partial charge in [0.25, 0.3) is 5.91 Å². The quantitative estimate of drug-likeness (QED) is 0.587. The number of nitrogens with two attached hydrogens (primary N) is 1. The Morgan fingerprint density at radius 1 is 1.59 bits per heavy atom. The molecule has 0 radical (unpaired) electrons. The van der Waals surface area contributed by atoms with E-state index in [-0.39, 0.29) is 24.0 Å². The second kappa shape index (κ2) is 4.54. The van der Waals surface area contributed by atoms with Crippen LogP contribution in [0.15, 0.2) is 12.1 Å². The predicted molar refractivity (Wildman–Crippen MR) is 62.7 cm³/mol. The number of hydrogen-bond donors (Lipinski definition) is 2. The molecule has 0 unspecified atom stereocenters. The number of rotatable bonds is 4. The molecule has 1 aromatic rings. The van der Waals surface area contributed by atoms with E-state index in [2.05, 4.69) is 5.32 Å². The molecule has 0 aliphatic rings. The van der Waals surface area contributed by atoms with Gasteiger partial charge in [-0.15, -0.1) is 0 Å². The number of nitrogens with zero attached hydrogens (tertiary/aromatic N) is 2. The summed E-state index contributed by atoms with van der Waals surface area (Å²) >= 11 is 0. The summed E-state index contributed by atoms with van der Waals surface area (Å²) in [6.07, 6.45) is 0. The summed E-state index contributed by atoms with van der Waals surface area (Å²) in [5, 5.41) is 13.3. The van der Waals surface area contributed by atoms with Gasteiger partial charge in [0.05, 0.1) is 7.05 Å².